The predicted molar refractivity (Wildman–Crippen MR) is 113 cm³/mol. The smallest absolute Gasteiger partial charge is 0.348 e. The first-order valence-electron chi connectivity index (χ1n) is 8.95. The third-order valence-electron chi connectivity index (χ3n) is 4.05. The molecular formula is C23H18N2O4S. The lowest BCUT2D eigenvalue weighted by Gasteiger charge is -2.03. The van der Waals surface area contributed by atoms with Gasteiger partial charge in [0.1, 0.15) is 29.4 Å². The molecule has 2 rings (SSSR count). The molecule has 7 heteroatoms. The molecule has 0 aliphatic carbocycles. The number of ether oxygens (including phenoxy) is 2. The summed E-state index contributed by atoms with van der Waals surface area (Å²) in [6.07, 6.45) is 6.45. The zero-order chi connectivity index (χ0) is 22.1. The normalized spacial score (nSPS) is 10.4. The van der Waals surface area contributed by atoms with Gasteiger partial charge in [0, 0.05) is 11.3 Å². The van der Waals surface area contributed by atoms with Gasteiger partial charge in [-0.05, 0) is 43.2 Å². The van der Waals surface area contributed by atoms with Crippen molar-refractivity contribution in [1.29, 1.82) is 10.5 Å². The molecule has 30 heavy (non-hydrogen) atoms. The van der Waals surface area contributed by atoms with Crippen LogP contribution in [0.15, 0.2) is 29.8 Å². The van der Waals surface area contributed by atoms with Crippen LogP contribution in [-0.4, -0.2) is 25.0 Å². The molecule has 6 nitrogen and oxygen atoms in total. The average Bonchev–Trinajstić information content (AvgIpc) is 3.06. The Morgan fingerprint density at radius 3 is 2.50 bits per heavy atom. The van der Waals surface area contributed by atoms with E-state index in [0.29, 0.717) is 26.6 Å². The average molecular weight is 418 g/mol. The lowest BCUT2D eigenvalue weighted by molar-refractivity contribution is -0.114. The number of allylic oxidation sites excluding steroid dienone is 1. The van der Waals surface area contributed by atoms with E-state index in [-0.39, 0.29) is 30.8 Å². The molecule has 0 aliphatic rings. The first-order valence-corrected chi connectivity index (χ1v) is 9.77. The third-order valence-corrected chi connectivity index (χ3v) is 5.32. The van der Waals surface area contributed by atoms with Gasteiger partial charge in [-0.25, -0.2) is 4.79 Å². The predicted octanol–water partition coefficient (Wildman–Crippen LogP) is 3.84. The maximum Gasteiger partial charge on any atom is 0.348 e. The van der Waals surface area contributed by atoms with Crippen LogP contribution in [-0.2, 0) is 16.0 Å². The molecule has 0 spiro atoms. The fourth-order valence-electron chi connectivity index (χ4n) is 2.60. The van der Waals surface area contributed by atoms with Crippen LogP contribution in [0, 0.1) is 41.9 Å². The molecule has 0 saturated heterocycles. The van der Waals surface area contributed by atoms with Crippen LogP contribution in [0.3, 0.4) is 0 Å². The summed E-state index contributed by atoms with van der Waals surface area (Å²) in [4.78, 5) is 25.5. The SMILES string of the molecule is C#CCOc1ccc(/C=C(\C#N)C(=O)Cc2sc(C(=O)OCC)c(C)c2C#N)cc1. The molecule has 0 N–H and O–H groups in total. The lowest BCUT2D eigenvalue weighted by Crippen LogP contribution is -2.05. The van der Waals surface area contributed by atoms with Gasteiger partial charge in [0.05, 0.1) is 17.7 Å². The van der Waals surface area contributed by atoms with Crippen molar-refractivity contribution in [2.24, 2.45) is 0 Å². The minimum Gasteiger partial charge on any atom is -0.481 e. The number of hydrogen-bond donors (Lipinski definition) is 0. The monoisotopic (exact) mass is 418 g/mol. The van der Waals surface area contributed by atoms with Crippen molar-refractivity contribution in [1.82, 2.24) is 0 Å². The number of esters is 1. The summed E-state index contributed by atoms with van der Waals surface area (Å²) < 4.78 is 10.3. The zero-order valence-corrected chi connectivity index (χ0v) is 17.3. The number of ketones is 1. The third kappa shape index (κ3) is 5.35. The van der Waals surface area contributed by atoms with Crippen molar-refractivity contribution in [2.45, 2.75) is 20.3 Å². The summed E-state index contributed by atoms with van der Waals surface area (Å²) in [5, 5.41) is 18.9. The molecule has 0 atom stereocenters. The lowest BCUT2D eigenvalue weighted by atomic mass is 10.0. The molecule has 2 aromatic rings. The number of nitriles is 2. The van der Waals surface area contributed by atoms with Gasteiger partial charge in [-0.3, -0.25) is 4.79 Å². The number of thiophene rings is 1. The van der Waals surface area contributed by atoms with E-state index in [1.807, 2.05) is 12.1 Å². The molecule has 0 radical (unpaired) electrons. The molecule has 1 aromatic heterocycles. The number of carbonyl (C=O) groups is 2. The number of rotatable bonds is 8. The molecule has 150 valence electrons. The summed E-state index contributed by atoms with van der Waals surface area (Å²) in [6, 6.07) is 10.7. The van der Waals surface area contributed by atoms with Gasteiger partial charge in [-0.1, -0.05) is 18.1 Å². The number of terminal acetylenes is 1. The molecule has 0 aliphatic heterocycles. The van der Waals surface area contributed by atoms with Crippen LogP contribution >= 0.6 is 11.3 Å². The maximum atomic E-state index is 12.7. The highest BCUT2D eigenvalue weighted by atomic mass is 32.1. The standard InChI is InChI=1S/C23H18N2O4S/c1-4-10-29-18-8-6-16(7-9-18)11-17(13-24)20(26)12-21-19(14-25)15(3)22(30-21)23(27)28-5-2/h1,6-9,11H,5,10,12H2,2-3H3/b17-11+. The highest BCUT2D eigenvalue weighted by Gasteiger charge is 2.23. The summed E-state index contributed by atoms with van der Waals surface area (Å²) >= 11 is 1.04. The van der Waals surface area contributed by atoms with Crippen LogP contribution in [0.5, 0.6) is 5.75 Å². The van der Waals surface area contributed by atoms with Crippen LogP contribution < -0.4 is 4.74 Å². The van der Waals surface area contributed by atoms with E-state index in [2.05, 4.69) is 5.92 Å². The Labute approximate surface area is 179 Å². The van der Waals surface area contributed by atoms with Crippen LogP contribution in [0.25, 0.3) is 6.08 Å². The fraction of sp³-hybridized carbons (Fsp3) is 0.217. The second-order valence-electron chi connectivity index (χ2n) is 6.02. The van der Waals surface area contributed by atoms with Gasteiger partial charge < -0.3 is 9.47 Å². The molecule has 0 unspecified atom stereocenters. The van der Waals surface area contributed by atoms with Gasteiger partial charge in [-0.2, -0.15) is 10.5 Å². The summed E-state index contributed by atoms with van der Waals surface area (Å²) in [7, 11) is 0. The maximum absolute atomic E-state index is 12.7. The zero-order valence-electron chi connectivity index (χ0n) is 16.5. The first kappa shape index (κ1) is 22.4. The van der Waals surface area contributed by atoms with Gasteiger partial charge in [0.2, 0.25) is 0 Å². The van der Waals surface area contributed by atoms with Crippen molar-refractivity contribution < 1.29 is 19.1 Å². The van der Waals surface area contributed by atoms with Crippen molar-refractivity contribution in [3.8, 4) is 30.2 Å². The summed E-state index contributed by atoms with van der Waals surface area (Å²) in [5.41, 5.74) is 1.33. The molecule has 0 bridgehead atoms. The van der Waals surface area contributed by atoms with E-state index in [1.54, 1.807) is 38.1 Å². The molecule has 1 aromatic carbocycles. The summed E-state index contributed by atoms with van der Waals surface area (Å²) in [5.74, 6) is 1.97. The van der Waals surface area contributed by atoms with Crippen molar-refractivity contribution in [3.05, 3.63) is 56.3 Å². The second kappa shape index (κ2) is 10.6. The first-order chi connectivity index (χ1) is 14.4. The van der Waals surface area contributed by atoms with Crippen molar-refractivity contribution in [2.75, 3.05) is 13.2 Å². The largest absolute Gasteiger partial charge is 0.481 e. The Balaban J connectivity index is 2.25. The van der Waals surface area contributed by atoms with Crippen molar-refractivity contribution >= 4 is 29.2 Å². The second-order valence-corrected chi connectivity index (χ2v) is 7.12. The summed E-state index contributed by atoms with van der Waals surface area (Å²) in [6.45, 7) is 3.68. The van der Waals surface area contributed by atoms with E-state index in [1.165, 1.54) is 6.08 Å². The number of Topliss-reactive ketones (excluding diaryl/α,β-unsaturated/α-hetero) is 1. The Morgan fingerprint density at radius 1 is 1.23 bits per heavy atom. The van der Waals surface area contributed by atoms with Crippen LogP contribution in [0.1, 0.15) is 38.2 Å². The van der Waals surface area contributed by atoms with E-state index in [4.69, 9.17) is 15.9 Å². The van der Waals surface area contributed by atoms with Gasteiger partial charge >= 0.3 is 5.97 Å². The van der Waals surface area contributed by atoms with Crippen LogP contribution in [0.2, 0.25) is 0 Å². The van der Waals surface area contributed by atoms with Crippen LogP contribution in [0.4, 0.5) is 0 Å². The highest BCUT2D eigenvalue weighted by Crippen LogP contribution is 2.29. The Kier molecular flexibility index (Phi) is 7.94. The van der Waals surface area contributed by atoms with Gasteiger partial charge in [-0.15, -0.1) is 17.8 Å². The number of nitrogens with zero attached hydrogens (tertiary/aromatic N) is 2. The number of benzene rings is 1. The topological polar surface area (TPSA) is 100 Å². The van der Waals surface area contributed by atoms with E-state index in [9.17, 15) is 20.1 Å². The van der Waals surface area contributed by atoms with Gasteiger partial charge in [0.15, 0.2) is 5.78 Å². The number of carbonyl (C=O) groups excluding carboxylic acids is 2. The molecule has 0 fully saturated rings. The minimum absolute atomic E-state index is 0.0556. The Morgan fingerprint density at radius 2 is 1.93 bits per heavy atom. The molecule has 0 amide bonds. The molecular weight excluding hydrogens is 400 g/mol. The van der Waals surface area contributed by atoms with E-state index < -0.39 is 11.8 Å². The Bertz CT molecular complexity index is 1110. The molecule has 0 saturated carbocycles. The van der Waals surface area contributed by atoms with E-state index >= 15 is 0 Å². The molecule has 1 heterocycles. The van der Waals surface area contributed by atoms with Crippen molar-refractivity contribution in [3.63, 3.8) is 0 Å². The minimum atomic E-state index is -0.529. The quantitative estimate of drug-likeness (QED) is 0.279. The van der Waals surface area contributed by atoms with E-state index in [0.717, 1.165) is 11.3 Å². The fourth-order valence-corrected chi connectivity index (χ4v) is 3.75. The van der Waals surface area contributed by atoms with Gasteiger partial charge in [0.25, 0.3) is 0 Å². The highest BCUT2D eigenvalue weighted by molar-refractivity contribution is 7.14. The number of hydrogen-bond acceptors (Lipinski definition) is 7. The Hall–Kier alpha value is -3.86.